The molecule has 0 spiro atoms. The SMILES string of the molecule is COc1cccc(CNc2ccc(SCCCO)cc2)c1. The number of hydrogen-bond acceptors (Lipinski definition) is 4. The molecule has 3 nitrogen and oxygen atoms in total. The number of methoxy groups -OCH3 is 1. The largest absolute Gasteiger partial charge is 0.497 e. The first-order valence-corrected chi connectivity index (χ1v) is 8.01. The minimum atomic E-state index is 0.257. The van der Waals surface area contributed by atoms with Gasteiger partial charge in [0.25, 0.3) is 0 Å². The summed E-state index contributed by atoms with van der Waals surface area (Å²) < 4.78 is 5.22. The van der Waals surface area contributed by atoms with Crippen LogP contribution >= 0.6 is 11.8 Å². The fraction of sp³-hybridized carbons (Fsp3) is 0.294. The van der Waals surface area contributed by atoms with Crippen molar-refractivity contribution in [1.29, 1.82) is 0 Å². The van der Waals surface area contributed by atoms with Crippen molar-refractivity contribution in [3.05, 3.63) is 54.1 Å². The van der Waals surface area contributed by atoms with Crippen LogP contribution in [0.3, 0.4) is 0 Å². The van der Waals surface area contributed by atoms with Crippen LogP contribution in [0.5, 0.6) is 5.75 Å². The Labute approximate surface area is 130 Å². The van der Waals surface area contributed by atoms with Gasteiger partial charge in [-0.3, -0.25) is 0 Å². The maximum Gasteiger partial charge on any atom is 0.119 e. The first-order valence-electron chi connectivity index (χ1n) is 7.02. The Balaban J connectivity index is 1.85. The van der Waals surface area contributed by atoms with E-state index in [0.717, 1.165) is 30.2 Å². The van der Waals surface area contributed by atoms with E-state index in [2.05, 4.69) is 35.6 Å². The van der Waals surface area contributed by atoms with Gasteiger partial charge >= 0.3 is 0 Å². The summed E-state index contributed by atoms with van der Waals surface area (Å²) in [4.78, 5) is 1.23. The molecule has 0 radical (unpaired) electrons. The highest BCUT2D eigenvalue weighted by molar-refractivity contribution is 7.99. The third-order valence-corrected chi connectivity index (χ3v) is 4.15. The summed E-state index contributed by atoms with van der Waals surface area (Å²) in [5, 5.41) is 12.2. The summed E-state index contributed by atoms with van der Waals surface area (Å²) in [6.07, 6.45) is 0.834. The van der Waals surface area contributed by atoms with E-state index in [0.29, 0.717) is 0 Å². The van der Waals surface area contributed by atoms with Gasteiger partial charge in [0, 0.05) is 29.5 Å². The van der Waals surface area contributed by atoms with Crippen LogP contribution in [0.25, 0.3) is 0 Å². The molecule has 0 aliphatic carbocycles. The second kappa shape index (κ2) is 8.60. The van der Waals surface area contributed by atoms with E-state index in [9.17, 15) is 0 Å². The first kappa shape index (κ1) is 15.7. The summed E-state index contributed by atoms with van der Waals surface area (Å²) in [5.41, 5.74) is 2.29. The van der Waals surface area contributed by atoms with Crippen molar-refractivity contribution in [3.63, 3.8) is 0 Å². The Kier molecular flexibility index (Phi) is 6.44. The standard InChI is InChI=1S/C17H21NO2S/c1-20-16-5-2-4-14(12-16)13-18-15-6-8-17(9-7-15)21-11-3-10-19/h2,4-9,12,18-19H,3,10-11,13H2,1H3. The number of nitrogens with one attached hydrogen (secondary N) is 1. The quantitative estimate of drug-likeness (QED) is 0.575. The van der Waals surface area contributed by atoms with Crippen LogP contribution in [0.2, 0.25) is 0 Å². The maximum absolute atomic E-state index is 8.77. The highest BCUT2D eigenvalue weighted by Crippen LogP contribution is 2.21. The van der Waals surface area contributed by atoms with Gasteiger partial charge in [-0.05, 0) is 48.4 Å². The number of hydrogen-bond donors (Lipinski definition) is 2. The van der Waals surface area contributed by atoms with Crippen LogP contribution < -0.4 is 10.1 Å². The molecular weight excluding hydrogens is 282 g/mol. The topological polar surface area (TPSA) is 41.5 Å². The molecule has 2 rings (SSSR count). The van der Waals surface area contributed by atoms with Gasteiger partial charge in [-0.25, -0.2) is 0 Å². The van der Waals surface area contributed by atoms with Crippen molar-refractivity contribution in [1.82, 2.24) is 0 Å². The molecule has 0 atom stereocenters. The van der Waals surface area contributed by atoms with Crippen LogP contribution in [-0.4, -0.2) is 24.6 Å². The number of anilines is 1. The molecule has 0 unspecified atom stereocenters. The predicted molar refractivity (Wildman–Crippen MR) is 89.2 cm³/mol. The summed E-state index contributed by atoms with van der Waals surface area (Å²) in [7, 11) is 1.68. The Bertz CT molecular complexity index is 543. The molecule has 0 aromatic heterocycles. The maximum atomic E-state index is 8.77. The lowest BCUT2D eigenvalue weighted by atomic mass is 10.2. The lowest BCUT2D eigenvalue weighted by molar-refractivity contribution is 0.296. The molecule has 0 saturated carbocycles. The Morgan fingerprint density at radius 3 is 2.67 bits per heavy atom. The van der Waals surface area contributed by atoms with Gasteiger partial charge in [-0.1, -0.05) is 12.1 Å². The summed E-state index contributed by atoms with van der Waals surface area (Å²) >= 11 is 1.77. The molecular formula is C17H21NO2S. The zero-order valence-electron chi connectivity index (χ0n) is 12.2. The van der Waals surface area contributed by atoms with Crippen molar-refractivity contribution in [2.75, 3.05) is 24.8 Å². The minimum absolute atomic E-state index is 0.257. The molecule has 0 fully saturated rings. The van der Waals surface area contributed by atoms with E-state index in [1.165, 1.54) is 10.5 Å². The van der Waals surface area contributed by atoms with Crippen molar-refractivity contribution in [2.45, 2.75) is 17.9 Å². The molecule has 0 bridgehead atoms. The molecule has 2 aromatic carbocycles. The predicted octanol–water partition coefficient (Wildman–Crippen LogP) is 3.78. The second-order valence-corrected chi connectivity index (χ2v) is 5.82. The van der Waals surface area contributed by atoms with Gasteiger partial charge in [0.15, 0.2) is 0 Å². The van der Waals surface area contributed by atoms with E-state index >= 15 is 0 Å². The molecule has 2 N–H and O–H groups in total. The number of aliphatic hydroxyl groups excluding tert-OH is 1. The molecule has 112 valence electrons. The Hall–Kier alpha value is -1.65. The highest BCUT2D eigenvalue weighted by atomic mass is 32.2. The first-order chi connectivity index (χ1) is 10.3. The van der Waals surface area contributed by atoms with Crippen molar-refractivity contribution >= 4 is 17.4 Å². The normalized spacial score (nSPS) is 10.4. The van der Waals surface area contributed by atoms with Crippen LogP contribution in [0, 0.1) is 0 Å². The van der Waals surface area contributed by atoms with Gasteiger partial charge < -0.3 is 15.2 Å². The third-order valence-electron chi connectivity index (χ3n) is 3.06. The van der Waals surface area contributed by atoms with Gasteiger partial charge in [0.05, 0.1) is 7.11 Å². The van der Waals surface area contributed by atoms with Crippen LogP contribution in [0.1, 0.15) is 12.0 Å². The average Bonchev–Trinajstić information content (AvgIpc) is 2.54. The smallest absolute Gasteiger partial charge is 0.119 e. The van der Waals surface area contributed by atoms with Gasteiger partial charge in [-0.15, -0.1) is 11.8 Å². The lowest BCUT2D eigenvalue weighted by Crippen LogP contribution is -1.99. The average molecular weight is 303 g/mol. The molecule has 2 aromatic rings. The fourth-order valence-corrected chi connectivity index (χ4v) is 2.75. The molecule has 0 heterocycles. The van der Waals surface area contributed by atoms with Gasteiger partial charge in [-0.2, -0.15) is 0 Å². The molecule has 21 heavy (non-hydrogen) atoms. The van der Waals surface area contributed by atoms with E-state index < -0.39 is 0 Å². The van der Waals surface area contributed by atoms with Crippen LogP contribution in [-0.2, 0) is 6.54 Å². The van der Waals surface area contributed by atoms with E-state index in [1.807, 2.05) is 18.2 Å². The number of thioether (sulfide) groups is 1. The third kappa shape index (κ3) is 5.33. The van der Waals surface area contributed by atoms with Gasteiger partial charge in [0.2, 0.25) is 0 Å². The van der Waals surface area contributed by atoms with Crippen LogP contribution in [0.4, 0.5) is 5.69 Å². The summed E-state index contributed by atoms with van der Waals surface area (Å²) in [5.74, 6) is 1.83. The number of benzene rings is 2. The summed E-state index contributed by atoms with van der Waals surface area (Å²) in [6.45, 7) is 1.03. The van der Waals surface area contributed by atoms with Crippen molar-refractivity contribution < 1.29 is 9.84 Å². The Morgan fingerprint density at radius 2 is 1.95 bits per heavy atom. The van der Waals surface area contributed by atoms with Gasteiger partial charge in [0.1, 0.15) is 5.75 Å². The van der Waals surface area contributed by atoms with E-state index in [4.69, 9.17) is 9.84 Å². The van der Waals surface area contributed by atoms with E-state index in [1.54, 1.807) is 18.9 Å². The van der Waals surface area contributed by atoms with Crippen molar-refractivity contribution in [3.8, 4) is 5.75 Å². The van der Waals surface area contributed by atoms with E-state index in [-0.39, 0.29) is 6.61 Å². The van der Waals surface area contributed by atoms with Crippen LogP contribution in [0.15, 0.2) is 53.4 Å². The molecule has 0 aliphatic heterocycles. The summed E-state index contributed by atoms with van der Waals surface area (Å²) in [6, 6.07) is 16.4. The fourth-order valence-electron chi connectivity index (χ4n) is 1.91. The second-order valence-electron chi connectivity index (χ2n) is 4.66. The minimum Gasteiger partial charge on any atom is -0.497 e. The number of ether oxygens (including phenoxy) is 1. The zero-order valence-corrected chi connectivity index (χ0v) is 13.0. The number of aliphatic hydroxyl groups is 1. The molecule has 0 saturated heterocycles. The molecule has 4 heteroatoms. The highest BCUT2D eigenvalue weighted by Gasteiger charge is 1.98. The monoisotopic (exact) mass is 303 g/mol. The zero-order chi connectivity index (χ0) is 14.9. The molecule has 0 aliphatic rings. The lowest BCUT2D eigenvalue weighted by Gasteiger charge is -2.09. The molecule has 0 amide bonds. The van der Waals surface area contributed by atoms with Crippen molar-refractivity contribution in [2.24, 2.45) is 0 Å². The number of rotatable bonds is 8. The Morgan fingerprint density at radius 1 is 1.14 bits per heavy atom.